The maximum Gasteiger partial charge on any atom is 0.338 e. The summed E-state index contributed by atoms with van der Waals surface area (Å²) in [6, 6.07) is 12.9. The van der Waals surface area contributed by atoms with E-state index in [0.29, 0.717) is 37.7 Å². The molecule has 0 fully saturated rings. The summed E-state index contributed by atoms with van der Waals surface area (Å²) in [5, 5.41) is 0. The molecule has 2 aromatic carbocycles. The van der Waals surface area contributed by atoms with Crippen LogP contribution in [-0.4, -0.2) is 31.4 Å². The van der Waals surface area contributed by atoms with Crippen LogP contribution in [0.4, 0.5) is 0 Å². The third kappa shape index (κ3) is 4.98. The lowest BCUT2D eigenvalue weighted by molar-refractivity contribution is -0.139. The van der Waals surface area contributed by atoms with E-state index in [1.807, 2.05) is 36.4 Å². The summed E-state index contributed by atoms with van der Waals surface area (Å²) < 4.78 is 18.4. The summed E-state index contributed by atoms with van der Waals surface area (Å²) >= 11 is 1.27. The third-order valence-corrected chi connectivity index (χ3v) is 7.31. The van der Waals surface area contributed by atoms with Gasteiger partial charge in [-0.2, -0.15) is 0 Å². The van der Waals surface area contributed by atoms with Crippen molar-refractivity contribution in [1.29, 1.82) is 0 Å². The number of ether oxygens (including phenoxy) is 3. The summed E-state index contributed by atoms with van der Waals surface area (Å²) in [7, 11) is 3.13. The lowest BCUT2D eigenvalue weighted by Gasteiger charge is -2.26. The number of esters is 1. The number of carbonyl (C=O) groups is 1. The molecule has 1 aliphatic heterocycles. The molecule has 1 aliphatic rings. The molecule has 1 aromatic heterocycles. The lowest BCUT2D eigenvalue weighted by atomic mass is 9.85. The van der Waals surface area contributed by atoms with Crippen molar-refractivity contribution in [3.05, 3.63) is 90.1 Å². The first-order chi connectivity index (χ1) is 17.6. The normalized spacial score (nSPS) is 15.8. The molecule has 8 heteroatoms. The van der Waals surface area contributed by atoms with Crippen LogP contribution in [0.1, 0.15) is 57.4 Å². The highest BCUT2D eigenvalue weighted by Crippen LogP contribution is 2.33. The molecule has 194 valence electrons. The molecule has 37 heavy (non-hydrogen) atoms. The largest absolute Gasteiger partial charge is 0.493 e. The molecule has 2 heterocycles. The summed E-state index contributed by atoms with van der Waals surface area (Å²) in [4.78, 5) is 32.1. The number of thiazole rings is 1. The first-order valence-electron chi connectivity index (χ1n) is 12.1. The molecule has 0 radical (unpaired) electrons. The van der Waals surface area contributed by atoms with Crippen LogP contribution in [-0.2, 0) is 14.9 Å². The first-order valence-corrected chi connectivity index (χ1v) is 12.9. The Balaban J connectivity index is 1.95. The van der Waals surface area contributed by atoms with Crippen molar-refractivity contribution in [1.82, 2.24) is 4.57 Å². The third-order valence-electron chi connectivity index (χ3n) is 6.33. The van der Waals surface area contributed by atoms with E-state index in [0.717, 1.165) is 11.1 Å². The van der Waals surface area contributed by atoms with E-state index >= 15 is 0 Å². The Morgan fingerprint density at radius 3 is 2.41 bits per heavy atom. The van der Waals surface area contributed by atoms with E-state index in [9.17, 15) is 9.59 Å². The number of methoxy groups -OCH3 is 2. The van der Waals surface area contributed by atoms with Crippen molar-refractivity contribution in [2.75, 3.05) is 20.8 Å². The fourth-order valence-corrected chi connectivity index (χ4v) is 5.48. The minimum atomic E-state index is -0.654. The number of hydrogen-bond donors (Lipinski definition) is 0. The molecule has 3 aromatic rings. The zero-order valence-corrected chi connectivity index (χ0v) is 23.1. The molecule has 1 unspecified atom stereocenters. The van der Waals surface area contributed by atoms with Crippen LogP contribution >= 0.6 is 11.3 Å². The average Bonchev–Trinajstić information content (AvgIpc) is 3.16. The van der Waals surface area contributed by atoms with E-state index in [1.54, 1.807) is 44.8 Å². The van der Waals surface area contributed by atoms with Gasteiger partial charge in [-0.3, -0.25) is 9.36 Å². The molecule has 0 bridgehead atoms. The van der Waals surface area contributed by atoms with Crippen molar-refractivity contribution in [2.45, 2.75) is 46.1 Å². The number of aromatic nitrogens is 1. The van der Waals surface area contributed by atoms with Crippen LogP contribution in [0.2, 0.25) is 0 Å². The fourth-order valence-electron chi connectivity index (χ4n) is 4.44. The number of hydrogen-bond acceptors (Lipinski definition) is 7. The summed E-state index contributed by atoms with van der Waals surface area (Å²) in [6.07, 6.45) is 1.77. The molecule has 0 amide bonds. The highest BCUT2D eigenvalue weighted by molar-refractivity contribution is 7.07. The fraction of sp³-hybridized carbons (Fsp3) is 0.345. The van der Waals surface area contributed by atoms with Gasteiger partial charge < -0.3 is 14.2 Å². The molecule has 0 N–H and O–H groups in total. The van der Waals surface area contributed by atoms with Gasteiger partial charge in [0.1, 0.15) is 0 Å². The number of nitrogens with zero attached hydrogens (tertiary/aromatic N) is 2. The van der Waals surface area contributed by atoms with Crippen LogP contribution in [0.15, 0.2) is 63.5 Å². The molecule has 4 rings (SSSR count). The standard InChI is InChI=1S/C29H32N2O5S/c1-8-36-27(33)23-17(2)30-28-31(24(23)18-12-14-20(15-13-18)29(3,4)5)26(32)22(37-28)16-19-10-9-11-21(34-6)25(19)35-7/h9-16,24H,8H2,1-7H3. The van der Waals surface area contributed by atoms with E-state index in [2.05, 4.69) is 25.8 Å². The maximum absolute atomic E-state index is 13.9. The van der Waals surface area contributed by atoms with Crippen LogP contribution < -0.4 is 24.4 Å². The minimum absolute atomic E-state index is 0.0293. The zero-order valence-electron chi connectivity index (χ0n) is 22.2. The highest BCUT2D eigenvalue weighted by atomic mass is 32.1. The zero-order chi connectivity index (χ0) is 26.9. The number of allylic oxidation sites excluding steroid dienone is 1. The molecule has 0 aliphatic carbocycles. The molecule has 7 nitrogen and oxygen atoms in total. The van der Waals surface area contributed by atoms with Gasteiger partial charge in [0.2, 0.25) is 0 Å². The number of fused-ring (bicyclic) bond motifs is 1. The molecular weight excluding hydrogens is 488 g/mol. The van der Waals surface area contributed by atoms with Crippen molar-refractivity contribution < 1.29 is 19.0 Å². The van der Waals surface area contributed by atoms with Gasteiger partial charge in [0.05, 0.1) is 42.7 Å². The second kappa shape index (κ2) is 10.4. The number of carbonyl (C=O) groups excluding carboxylic acids is 1. The van der Waals surface area contributed by atoms with Crippen molar-refractivity contribution in [3.63, 3.8) is 0 Å². The van der Waals surface area contributed by atoms with Crippen molar-refractivity contribution >= 4 is 23.4 Å². The summed E-state index contributed by atoms with van der Waals surface area (Å²) in [5.41, 5.74) is 3.31. The molecule has 0 saturated carbocycles. The molecule has 1 atom stereocenters. The lowest BCUT2D eigenvalue weighted by Crippen LogP contribution is -2.40. The summed E-state index contributed by atoms with van der Waals surface area (Å²) in [6.45, 7) is 10.2. The van der Waals surface area contributed by atoms with Crippen molar-refractivity contribution in [2.24, 2.45) is 4.99 Å². The van der Waals surface area contributed by atoms with E-state index in [1.165, 1.54) is 11.3 Å². The first kappa shape index (κ1) is 26.4. The quantitative estimate of drug-likeness (QED) is 0.457. The number of benzene rings is 2. The van der Waals surface area contributed by atoms with Crippen molar-refractivity contribution in [3.8, 4) is 11.5 Å². The highest BCUT2D eigenvalue weighted by Gasteiger charge is 2.33. The van der Waals surface area contributed by atoms with Gasteiger partial charge in [-0.15, -0.1) is 0 Å². The van der Waals surface area contributed by atoms with Gasteiger partial charge in [0.25, 0.3) is 5.56 Å². The van der Waals surface area contributed by atoms with Gasteiger partial charge in [0, 0.05) is 5.56 Å². The predicted molar refractivity (Wildman–Crippen MR) is 145 cm³/mol. The van der Waals surface area contributed by atoms with Crippen LogP contribution in [0.25, 0.3) is 6.08 Å². The SMILES string of the molecule is CCOC(=O)C1=C(C)N=c2sc(=Cc3cccc(OC)c3OC)c(=O)n2C1c1ccc(C(C)(C)C)cc1. The monoisotopic (exact) mass is 520 g/mol. The Labute approximate surface area is 220 Å². The molecule has 0 saturated heterocycles. The van der Waals surface area contributed by atoms with Gasteiger partial charge in [-0.05, 0) is 42.5 Å². The summed E-state index contributed by atoms with van der Waals surface area (Å²) in [5.74, 6) is 0.632. The van der Waals surface area contributed by atoms with Crippen LogP contribution in [0.3, 0.4) is 0 Å². The van der Waals surface area contributed by atoms with Gasteiger partial charge >= 0.3 is 5.97 Å². The van der Waals surface area contributed by atoms with Crippen LogP contribution in [0.5, 0.6) is 11.5 Å². The van der Waals surface area contributed by atoms with E-state index in [-0.39, 0.29) is 17.6 Å². The Morgan fingerprint density at radius 1 is 1.11 bits per heavy atom. The molecular formula is C29H32N2O5S. The number of para-hydroxylation sites is 1. The number of rotatable bonds is 6. The second-order valence-electron chi connectivity index (χ2n) is 9.76. The van der Waals surface area contributed by atoms with Crippen LogP contribution in [0, 0.1) is 0 Å². The Morgan fingerprint density at radius 2 is 1.81 bits per heavy atom. The average molecular weight is 521 g/mol. The van der Waals surface area contributed by atoms with Gasteiger partial charge in [-0.25, -0.2) is 9.79 Å². The second-order valence-corrected chi connectivity index (χ2v) is 10.8. The molecule has 0 spiro atoms. The van der Waals surface area contributed by atoms with Gasteiger partial charge in [0.15, 0.2) is 16.3 Å². The van der Waals surface area contributed by atoms with Gasteiger partial charge in [-0.1, -0.05) is 68.5 Å². The Hall–Kier alpha value is -3.65. The Bertz CT molecular complexity index is 1540. The Kier molecular flexibility index (Phi) is 7.41. The topological polar surface area (TPSA) is 79.1 Å². The van der Waals surface area contributed by atoms with E-state index < -0.39 is 12.0 Å². The van der Waals surface area contributed by atoms with E-state index in [4.69, 9.17) is 14.2 Å². The predicted octanol–water partition coefficient (Wildman–Crippen LogP) is 4.11. The maximum atomic E-state index is 13.9. The minimum Gasteiger partial charge on any atom is -0.493 e. The smallest absolute Gasteiger partial charge is 0.338 e.